The molecule has 164 valence electrons. The van der Waals surface area contributed by atoms with Gasteiger partial charge in [-0.25, -0.2) is 4.39 Å². The van der Waals surface area contributed by atoms with Crippen LogP contribution in [-0.2, 0) is 13.2 Å². The monoisotopic (exact) mass is 449 g/mol. The Kier molecular flexibility index (Phi) is 6.37. The number of hydrogen-bond donors (Lipinski definition) is 1. The Morgan fingerprint density at radius 2 is 1.94 bits per heavy atom. The van der Waals surface area contributed by atoms with Gasteiger partial charge < -0.3 is 10.1 Å². The molecule has 0 saturated carbocycles. The van der Waals surface area contributed by atoms with E-state index in [0.29, 0.717) is 29.4 Å². The second-order valence-corrected chi connectivity index (χ2v) is 8.66. The lowest BCUT2D eigenvalue weighted by molar-refractivity contribution is 0.103. The molecule has 4 aromatic rings. The third kappa shape index (κ3) is 5.06. The quantitative estimate of drug-likeness (QED) is 0.383. The minimum atomic E-state index is -0.276. The van der Waals surface area contributed by atoms with Crippen molar-refractivity contribution in [1.29, 1.82) is 0 Å². The lowest BCUT2D eigenvalue weighted by Gasteiger charge is -2.08. The van der Waals surface area contributed by atoms with Crippen LogP contribution in [-0.4, -0.2) is 15.7 Å². The standard InChI is InChI=1S/C25H24FN3O2S/c1-16-8-9-17(2)22(10-16)31-14-19-12-23(32-15-19)25(30)27-24-11-18(3)29(28-24)13-20-6-4-5-7-21(20)26/h4-12,15H,13-14H2,1-3H3,(H,27,28,30). The molecule has 4 rings (SSSR count). The number of carbonyl (C=O) groups excluding carboxylic acids is 1. The number of rotatable bonds is 7. The molecular formula is C25H24FN3O2S. The molecule has 0 unspecified atom stereocenters. The smallest absolute Gasteiger partial charge is 0.266 e. The van der Waals surface area contributed by atoms with Crippen molar-refractivity contribution in [1.82, 2.24) is 9.78 Å². The number of nitrogens with one attached hydrogen (secondary N) is 1. The average Bonchev–Trinajstić information content (AvgIpc) is 3.37. The number of anilines is 1. The van der Waals surface area contributed by atoms with Gasteiger partial charge in [0.05, 0.1) is 11.4 Å². The number of benzene rings is 2. The molecule has 0 aliphatic carbocycles. The maximum absolute atomic E-state index is 13.9. The van der Waals surface area contributed by atoms with Gasteiger partial charge in [0.15, 0.2) is 5.82 Å². The largest absolute Gasteiger partial charge is 0.489 e. The fourth-order valence-electron chi connectivity index (χ4n) is 3.29. The summed E-state index contributed by atoms with van der Waals surface area (Å²) in [5, 5.41) is 9.16. The van der Waals surface area contributed by atoms with E-state index < -0.39 is 0 Å². The zero-order chi connectivity index (χ0) is 22.7. The van der Waals surface area contributed by atoms with Crippen molar-refractivity contribution in [3.05, 3.63) is 98.6 Å². The van der Waals surface area contributed by atoms with Gasteiger partial charge in [-0.3, -0.25) is 9.48 Å². The molecular weight excluding hydrogens is 425 g/mol. The third-order valence-electron chi connectivity index (χ3n) is 5.12. The highest BCUT2D eigenvalue weighted by atomic mass is 32.1. The van der Waals surface area contributed by atoms with E-state index in [1.165, 1.54) is 17.4 Å². The zero-order valence-corrected chi connectivity index (χ0v) is 19.0. The molecule has 2 aromatic carbocycles. The summed E-state index contributed by atoms with van der Waals surface area (Å²) in [7, 11) is 0. The molecule has 32 heavy (non-hydrogen) atoms. The van der Waals surface area contributed by atoms with E-state index in [1.54, 1.807) is 28.9 Å². The Balaban J connectivity index is 1.39. The molecule has 0 aliphatic rings. The molecule has 0 atom stereocenters. The van der Waals surface area contributed by atoms with Gasteiger partial charge in [-0.2, -0.15) is 5.10 Å². The first-order valence-corrected chi connectivity index (χ1v) is 11.1. The van der Waals surface area contributed by atoms with Crippen LogP contribution >= 0.6 is 11.3 Å². The van der Waals surface area contributed by atoms with E-state index in [0.717, 1.165) is 28.1 Å². The van der Waals surface area contributed by atoms with E-state index in [-0.39, 0.29) is 11.7 Å². The average molecular weight is 450 g/mol. The number of ether oxygens (including phenoxy) is 1. The fourth-order valence-corrected chi connectivity index (χ4v) is 4.08. The maximum atomic E-state index is 13.9. The second kappa shape index (κ2) is 9.36. The van der Waals surface area contributed by atoms with E-state index >= 15 is 0 Å². The van der Waals surface area contributed by atoms with E-state index in [4.69, 9.17) is 4.74 Å². The molecule has 2 aromatic heterocycles. The van der Waals surface area contributed by atoms with Gasteiger partial charge in [-0.05, 0) is 55.5 Å². The summed E-state index contributed by atoms with van der Waals surface area (Å²) < 4.78 is 21.5. The van der Waals surface area contributed by atoms with Gasteiger partial charge in [0, 0.05) is 22.9 Å². The summed E-state index contributed by atoms with van der Waals surface area (Å²) in [6, 6.07) is 16.3. The van der Waals surface area contributed by atoms with Crippen LogP contribution in [0.25, 0.3) is 0 Å². The number of amides is 1. The van der Waals surface area contributed by atoms with Gasteiger partial charge >= 0.3 is 0 Å². The van der Waals surface area contributed by atoms with Gasteiger partial charge in [0.2, 0.25) is 0 Å². The molecule has 0 saturated heterocycles. The van der Waals surface area contributed by atoms with Gasteiger partial charge in [-0.15, -0.1) is 11.3 Å². The SMILES string of the molecule is Cc1ccc(C)c(OCc2csc(C(=O)Nc3cc(C)n(Cc4ccccc4F)n3)c2)c1. The molecule has 2 heterocycles. The molecule has 0 bridgehead atoms. The topological polar surface area (TPSA) is 56.1 Å². The first-order chi connectivity index (χ1) is 15.4. The number of aryl methyl sites for hydroxylation is 3. The Labute approximate surface area is 190 Å². The number of nitrogens with zero attached hydrogens (tertiary/aromatic N) is 2. The highest BCUT2D eigenvalue weighted by molar-refractivity contribution is 7.12. The first-order valence-electron chi connectivity index (χ1n) is 10.3. The molecule has 1 N–H and O–H groups in total. The van der Waals surface area contributed by atoms with Crippen LogP contribution in [0.15, 0.2) is 60.0 Å². The van der Waals surface area contributed by atoms with Gasteiger partial charge in [0.1, 0.15) is 18.2 Å². The van der Waals surface area contributed by atoms with E-state index in [9.17, 15) is 9.18 Å². The van der Waals surface area contributed by atoms with Crippen LogP contribution in [0, 0.1) is 26.6 Å². The van der Waals surface area contributed by atoms with Crippen LogP contribution in [0.3, 0.4) is 0 Å². The van der Waals surface area contributed by atoms with Crippen LogP contribution in [0.4, 0.5) is 10.2 Å². The van der Waals surface area contributed by atoms with Crippen molar-refractivity contribution in [3.8, 4) is 5.75 Å². The number of halogens is 1. The van der Waals surface area contributed by atoms with Crippen LogP contribution < -0.4 is 10.1 Å². The fraction of sp³-hybridized carbons (Fsp3) is 0.200. The van der Waals surface area contributed by atoms with E-state index in [2.05, 4.69) is 16.5 Å². The minimum absolute atomic E-state index is 0.233. The van der Waals surface area contributed by atoms with Crippen molar-refractivity contribution in [2.75, 3.05) is 5.32 Å². The third-order valence-corrected chi connectivity index (χ3v) is 6.09. The lowest BCUT2D eigenvalue weighted by atomic mass is 10.1. The number of aromatic nitrogens is 2. The van der Waals surface area contributed by atoms with Gasteiger partial charge in [0.25, 0.3) is 5.91 Å². The second-order valence-electron chi connectivity index (χ2n) is 7.75. The highest BCUT2D eigenvalue weighted by Crippen LogP contribution is 2.23. The molecule has 0 spiro atoms. The van der Waals surface area contributed by atoms with E-state index in [1.807, 2.05) is 44.4 Å². The van der Waals surface area contributed by atoms with Crippen LogP contribution in [0.5, 0.6) is 5.75 Å². The Morgan fingerprint density at radius 3 is 2.75 bits per heavy atom. The summed E-state index contributed by atoms with van der Waals surface area (Å²) in [5.41, 5.74) is 4.52. The zero-order valence-electron chi connectivity index (χ0n) is 18.2. The lowest BCUT2D eigenvalue weighted by Crippen LogP contribution is -2.12. The summed E-state index contributed by atoms with van der Waals surface area (Å²) in [4.78, 5) is 13.3. The molecule has 1 amide bonds. The number of hydrogen-bond acceptors (Lipinski definition) is 4. The van der Waals surface area contributed by atoms with Crippen LogP contribution in [0.2, 0.25) is 0 Å². The number of thiophene rings is 1. The van der Waals surface area contributed by atoms with Crippen molar-refractivity contribution in [2.24, 2.45) is 0 Å². The molecule has 7 heteroatoms. The summed E-state index contributed by atoms with van der Waals surface area (Å²) in [5.74, 6) is 0.772. The first kappa shape index (κ1) is 21.8. The Bertz CT molecular complexity index is 1260. The Morgan fingerprint density at radius 1 is 1.12 bits per heavy atom. The van der Waals surface area contributed by atoms with Crippen molar-refractivity contribution < 1.29 is 13.9 Å². The molecule has 5 nitrogen and oxygen atoms in total. The summed E-state index contributed by atoms with van der Waals surface area (Å²) in [6.07, 6.45) is 0. The Hall–Kier alpha value is -3.45. The predicted molar refractivity (Wildman–Crippen MR) is 125 cm³/mol. The van der Waals surface area contributed by atoms with Gasteiger partial charge in [-0.1, -0.05) is 30.3 Å². The van der Waals surface area contributed by atoms with Crippen molar-refractivity contribution in [2.45, 2.75) is 33.9 Å². The highest BCUT2D eigenvalue weighted by Gasteiger charge is 2.14. The normalized spacial score (nSPS) is 10.9. The molecule has 0 fully saturated rings. The molecule has 0 radical (unpaired) electrons. The molecule has 0 aliphatic heterocycles. The minimum Gasteiger partial charge on any atom is -0.489 e. The summed E-state index contributed by atoms with van der Waals surface area (Å²) in [6.45, 7) is 6.60. The maximum Gasteiger partial charge on any atom is 0.266 e. The number of carbonyl (C=O) groups is 1. The van der Waals surface area contributed by atoms with Crippen molar-refractivity contribution >= 4 is 23.1 Å². The van der Waals surface area contributed by atoms with Crippen molar-refractivity contribution in [3.63, 3.8) is 0 Å². The predicted octanol–water partition coefficient (Wildman–Crippen LogP) is 5.89. The summed E-state index contributed by atoms with van der Waals surface area (Å²) >= 11 is 1.36. The van der Waals surface area contributed by atoms with Crippen LogP contribution in [0.1, 0.15) is 37.6 Å².